The van der Waals surface area contributed by atoms with Crippen molar-refractivity contribution in [2.75, 3.05) is 13.2 Å². The van der Waals surface area contributed by atoms with Gasteiger partial charge in [0, 0.05) is 19.3 Å². The number of carbonyl (C=O) groups excluding carboxylic acids is 3. The maximum Gasteiger partial charge on any atom is 0.306 e. The van der Waals surface area contributed by atoms with E-state index in [1.807, 2.05) is 0 Å². The predicted octanol–water partition coefficient (Wildman–Crippen LogP) is 15.3. The van der Waals surface area contributed by atoms with Gasteiger partial charge < -0.3 is 14.2 Å². The molecule has 6 heteroatoms. The van der Waals surface area contributed by atoms with Gasteiger partial charge in [-0.2, -0.15) is 0 Å². The summed E-state index contributed by atoms with van der Waals surface area (Å²) >= 11 is 0. The lowest BCUT2D eigenvalue weighted by Gasteiger charge is -2.18. The molecule has 0 aromatic carbocycles. The molecular formula is C48H92O6. The van der Waals surface area contributed by atoms with Crippen LogP contribution in [0.3, 0.4) is 0 Å². The molecule has 0 fully saturated rings. The Morgan fingerprint density at radius 3 is 0.741 bits per heavy atom. The van der Waals surface area contributed by atoms with Crippen LogP contribution in [0.15, 0.2) is 0 Å². The fourth-order valence-corrected chi connectivity index (χ4v) is 7.21. The highest BCUT2D eigenvalue weighted by molar-refractivity contribution is 5.71. The zero-order valence-corrected chi connectivity index (χ0v) is 36.5. The minimum atomic E-state index is -0.758. The van der Waals surface area contributed by atoms with Crippen molar-refractivity contribution < 1.29 is 28.6 Å². The van der Waals surface area contributed by atoms with Crippen LogP contribution < -0.4 is 0 Å². The zero-order chi connectivity index (χ0) is 39.4. The Hall–Kier alpha value is -1.59. The Balaban J connectivity index is 4.30. The van der Waals surface area contributed by atoms with Crippen molar-refractivity contribution in [1.29, 1.82) is 0 Å². The van der Waals surface area contributed by atoms with E-state index in [0.717, 1.165) is 57.8 Å². The second-order valence-corrected chi connectivity index (χ2v) is 16.4. The first kappa shape index (κ1) is 52.4. The van der Waals surface area contributed by atoms with Crippen molar-refractivity contribution in [3.63, 3.8) is 0 Å². The summed E-state index contributed by atoms with van der Waals surface area (Å²) in [4.78, 5) is 37.7. The zero-order valence-electron chi connectivity index (χ0n) is 36.5. The van der Waals surface area contributed by atoms with Crippen molar-refractivity contribution >= 4 is 17.9 Å². The van der Waals surface area contributed by atoms with Crippen LogP contribution >= 0.6 is 0 Å². The van der Waals surface area contributed by atoms with Crippen LogP contribution in [0.5, 0.6) is 0 Å². The van der Waals surface area contributed by atoms with Crippen LogP contribution in [-0.2, 0) is 28.6 Å². The lowest BCUT2D eigenvalue weighted by Crippen LogP contribution is -2.30. The summed E-state index contributed by atoms with van der Waals surface area (Å²) in [6.07, 6.45) is 45.1. The number of ether oxygens (including phenoxy) is 3. The molecule has 1 atom stereocenters. The van der Waals surface area contributed by atoms with Gasteiger partial charge in [-0.3, -0.25) is 14.4 Å². The van der Waals surface area contributed by atoms with E-state index in [9.17, 15) is 14.4 Å². The van der Waals surface area contributed by atoms with Crippen molar-refractivity contribution in [1.82, 2.24) is 0 Å². The third-order valence-corrected chi connectivity index (χ3v) is 10.9. The molecule has 0 N–H and O–H groups in total. The summed E-state index contributed by atoms with van der Waals surface area (Å²) in [5, 5.41) is 0. The molecule has 6 nitrogen and oxygen atoms in total. The molecule has 0 aliphatic rings. The molecule has 0 aliphatic carbocycles. The van der Waals surface area contributed by atoms with E-state index in [1.54, 1.807) is 0 Å². The smallest absolute Gasteiger partial charge is 0.306 e. The number of carbonyl (C=O) groups is 3. The summed E-state index contributed by atoms with van der Waals surface area (Å²) in [5.74, 6) is -0.848. The minimum Gasteiger partial charge on any atom is -0.462 e. The highest BCUT2D eigenvalue weighted by atomic mass is 16.6. The van der Waals surface area contributed by atoms with Crippen molar-refractivity contribution in [2.45, 2.75) is 277 Å². The Bertz CT molecular complexity index is 798. The van der Waals surface area contributed by atoms with Gasteiger partial charge in [0.25, 0.3) is 0 Å². The Labute approximate surface area is 336 Å². The number of hydrogen-bond acceptors (Lipinski definition) is 6. The average Bonchev–Trinajstić information content (AvgIpc) is 3.17. The maximum absolute atomic E-state index is 12.7. The first-order valence-electron chi connectivity index (χ1n) is 24.0. The molecule has 0 bridgehead atoms. The van der Waals surface area contributed by atoms with Gasteiger partial charge in [-0.05, 0) is 19.3 Å². The second-order valence-electron chi connectivity index (χ2n) is 16.4. The molecule has 0 aromatic heterocycles. The van der Waals surface area contributed by atoms with E-state index in [0.29, 0.717) is 19.3 Å². The summed E-state index contributed by atoms with van der Waals surface area (Å²) in [7, 11) is 0. The van der Waals surface area contributed by atoms with E-state index in [2.05, 4.69) is 20.8 Å². The number of esters is 3. The lowest BCUT2D eigenvalue weighted by molar-refractivity contribution is -0.167. The fraction of sp³-hybridized carbons (Fsp3) is 0.938. The standard InChI is InChI=1S/C48H92O6/c1-4-7-10-13-16-19-22-24-25-27-29-32-35-38-41-47(50)53-44-45(43-52-46(49)40-37-34-31-28-21-18-15-12-9-6-3)54-48(51)42-39-36-33-30-26-23-20-17-14-11-8-5-2/h45H,4-44H2,1-3H3. The minimum absolute atomic E-state index is 0.0623. The van der Waals surface area contributed by atoms with Gasteiger partial charge in [-0.25, -0.2) is 0 Å². The van der Waals surface area contributed by atoms with Crippen molar-refractivity contribution in [2.24, 2.45) is 0 Å². The van der Waals surface area contributed by atoms with Crippen molar-refractivity contribution in [3.05, 3.63) is 0 Å². The van der Waals surface area contributed by atoms with Crippen LogP contribution in [0.2, 0.25) is 0 Å². The molecule has 0 saturated carbocycles. The number of rotatable bonds is 44. The lowest BCUT2D eigenvalue weighted by atomic mass is 10.0. The molecule has 1 unspecified atom stereocenters. The largest absolute Gasteiger partial charge is 0.462 e. The summed E-state index contributed by atoms with van der Waals surface area (Å²) in [5.41, 5.74) is 0. The fourth-order valence-electron chi connectivity index (χ4n) is 7.21. The van der Waals surface area contributed by atoms with Crippen LogP contribution in [0.25, 0.3) is 0 Å². The molecule has 0 spiro atoms. The van der Waals surface area contributed by atoms with Gasteiger partial charge >= 0.3 is 17.9 Å². The van der Waals surface area contributed by atoms with E-state index in [1.165, 1.54) is 173 Å². The quantitative estimate of drug-likeness (QED) is 0.0349. The molecule has 0 saturated heterocycles. The van der Waals surface area contributed by atoms with E-state index in [4.69, 9.17) is 14.2 Å². The highest BCUT2D eigenvalue weighted by Gasteiger charge is 2.19. The van der Waals surface area contributed by atoms with Crippen LogP contribution in [0.1, 0.15) is 271 Å². The van der Waals surface area contributed by atoms with E-state index < -0.39 is 6.10 Å². The van der Waals surface area contributed by atoms with E-state index >= 15 is 0 Å². The molecular weight excluding hydrogens is 673 g/mol. The molecule has 0 heterocycles. The topological polar surface area (TPSA) is 78.9 Å². The molecule has 0 aliphatic heterocycles. The van der Waals surface area contributed by atoms with Crippen molar-refractivity contribution in [3.8, 4) is 0 Å². The maximum atomic E-state index is 12.7. The number of unbranched alkanes of at least 4 members (excludes halogenated alkanes) is 33. The van der Waals surface area contributed by atoms with Gasteiger partial charge in [-0.15, -0.1) is 0 Å². The second kappa shape index (κ2) is 44.1. The summed E-state index contributed by atoms with van der Waals surface area (Å²) < 4.78 is 16.7. The van der Waals surface area contributed by atoms with Gasteiger partial charge in [0.15, 0.2) is 6.10 Å². The predicted molar refractivity (Wildman–Crippen MR) is 229 cm³/mol. The molecule has 0 radical (unpaired) electrons. The first-order valence-corrected chi connectivity index (χ1v) is 24.0. The number of hydrogen-bond donors (Lipinski definition) is 0. The van der Waals surface area contributed by atoms with Gasteiger partial charge in [-0.1, -0.05) is 233 Å². The monoisotopic (exact) mass is 765 g/mol. The molecule has 320 valence electrons. The Morgan fingerprint density at radius 2 is 0.500 bits per heavy atom. The van der Waals surface area contributed by atoms with E-state index in [-0.39, 0.29) is 31.1 Å². The Morgan fingerprint density at radius 1 is 0.296 bits per heavy atom. The first-order chi connectivity index (χ1) is 26.5. The Kier molecular flexibility index (Phi) is 42.8. The summed E-state index contributed by atoms with van der Waals surface area (Å²) in [6.45, 7) is 6.65. The molecule has 0 rings (SSSR count). The molecule has 0 aromatic rings. The average molecular weight is 765 g/mol. The summed E-state index contributed by atoms with van der Waals surface area (Å²) in [6, 6.07) is 0. The third kappa shape index (κ3) is 41.6. The molecule has 54 heavy (non-hydrogen) atoms. The SMILES string of the molecule is CCCCCCCCCCCCCCCCC(=O)OCC(COC(=O)CCCCCCCCCCCC)OC(=O)CCCCCCCCCCCCCC. The van der Waals surface area contributed by atoms with Crippen LogP contribution in [-0.4, -0.2) is 37.2 Å². The third-order valence-electron chi connectivity index (χ3n) is 10.9. The van der Waals surface area contributed by atoms with Crippen LogP contribution in [0.4, 0.5) is 0 Å². The van der Waals surface area contributed by atoms with Gasteiger partial charge in [0.2, 0.25) is 0 Å². The normalized spacial score (nSPS) is 11.8. The highest BCUT2D eigenvalue weighted by Crippen LogP contribution is 2.16. The molecule has 0 amide bonds. The van der Waals surface area contributed by atoms with Gasteiger partial charge in [0.05, 0.1) is 0 Å². The van der Waals surface area contributed by atoms with Crippen LogP contribution in [0, 0.1) is 0 Å². The van der Waals surface area contributed by atoms with Gasteiger partial charge in [0.1, 0.15) is 13.2 Å².